The maximum absolute atomic E-state index is 12.5. The predicted molar refractivity (Wildman–Crippen MR) is 227 cm³/mol. The van der Waals surface area contributed by atoms with E-state index in [0.29, 0.717) is 45.8 Å². The van der Waals surface area contributed by atoms with Gasteiger partial charge in [-0.2, -0.15) is 0 Å². The van der Waals surface area contributed by atoms with E-state index in [1.165, 1.54) is 32.1 Å². The molecule has 1 unspecified atom stereocenters. The van der Waals surface area contributed by atoms with Crippen molar-refractivity contribution in [2.45, 2.75) is 207 Å². The van der Waals surface area contributed by atoms with Crippen LogP contribution in [0.2, 0.25) is 0 Å². The summed E-state index contributed by atoms with van der Waals surface area (Å²) in [6.45, 7) is 10.8. The zero-order valence-corrected chi connectivity index (χ0v) is 36.0. The summed E-state index contributed by atoms with van der Waals surface area (Å²) in [7, 11) is 0. The molecule has 0 aliphatic heterocycles. The molecule has 0 bridgehead atoms. The molecule has 0 heterocycles. The number of aliphatic hydroxyl groups excluding tert-OH is 2. The molecule has 0 fully saturated rings. The minimum absolute atomic E-state index is 0.0673. The van der Waals surface area contributed by atoms with E-state index in [2.05, 4.69) is 50.0 Å². The molecule has 0 spiro atoms. The molecule has 0 saturated carbocycles. The lowest BCUT2D eigenvalue weighted by Crippen LogP contribution is -2.35. The van der Waals surface area contributed by atoms with Crippen LogP contribution in [0.15, 0.2) is 24.3 Å². The normalized spacial score (nSPS) is 12.5. The molecule has 0 amide bonds. The molecular formula is C46H87NO8. The van der Waals surface area contributed by atoms with Gasteiger partial charge < -0.3 is 34.1 Å². The van der Waals surface area contributed by atoms with Gasteiger partial charge in [0.2, 0.25) is 0 Å². The van der Waals surface area contributed by atoms with Gasteiger partial charge in [-0.05, 0) is 96.6 Å². The number of nitrogens with zero attached hydrogens (tertiary/aromatic N) is 1. The first-order valence-corrected chi connectivity index (χ1v) is 22.8. The van der Waals surface area contributed by atoms with E-state index in [0.717, 1.165) is 135 Å². The second-order valence-electron chi connectivity index (χ2n) is 15.1. The van der Waals surface area contributed by atoms with Crippen LogP contribution in [0.5, 0.6) is 0 Å². The van der Waals surface area contributed by atoms with Crippen molar-refractivity contribution in [2.24, 2.45) is 0 Å². The lowest BCUT2D eigenvalue weighted by molar-refractivity contribution is -0.159. The van der Waals surface area contributed by atoms with Crippen LogP contribution in [-0.2, 0) is 28.5 Å². The van der Waals surface area contributed by atoms with Crippen LogP contribution in [0.4, 0.5) is 0 Å². The van der Waals surface area contributed by atoms with Crippen LogP contribution < -0.4 is 0 Å². The highest BCUT2D eigenvalue weighted by Crippen LogP contribution is 2.13. The Morgan fingerprint density at radius 3 is 1.51 bits per heavy atom. The quantitative estimate of drug-likeness (QED) is 0.0270. The van der Waals surface area contributed by atoms with Gasteiger partial charge in [0, 0.05) is 32.6 Å². The monoisotopic (exact) mass is 782 g/mol. The van der Waals surface area contributed by atoms with Crippen molar-refractivity contribution in [1.82, 2.24) is 4.90 Å². The molecule has 9 nitrogen and oxygen atoms in total. The van der Waals surface area contributed by atoms with Crippen molar-refractivity contribution >= 4 is 11.9 Å². The van der Waals surface area contributed by atoms with Crippen molar-refractivity contribution in [3.63, 3.8) is 0 Å². The molecule has 9 heteroatoms. The van der Waals surface area contributed by atoms with Crippen molar-refractivity contribution < 1.29 is 38.7 Å². The van der Waals surface area contributed by atoms with E-state index >= 15 is 0 Å². The Bertz CT molecular complexity index is 858. The van der Waals surface area contributed by atoms with Crippen molar-refractivity contribution in [1.29, 1.82) is 0 Å². The summed E-state index contributed by atoms with van der Waals surface area (Å²) in [6, 6.07) is 0. The van der Waals surface area contributed by atoms with Gasteiger partial charge in [0.05, 0.1) is 32.3 Å². The second kappa shape index (κ2) is 43.3. The molecule has 0 aromatic carbocycles. The van der Waals surface area contributed by atoms with E-state index in [1.54, 1.807) is 0 Å². The third-order valence-electron chi connectivity index (χ3n) is 9.70. The van der Waals surface area contributed by atoms with Gasteiger partial charge in [-0.25, -0.2) is 0 Å². The highest BCUT2D eigenvalue weighted by Gasteiger charge is 2.14. The summed E-state index contributed by atoms with van der Waals surface area (Å²) >= 11 is 0. The van der Waals surface area contributed by atoms with Crippen LogP contribution in [0.25, 0.3) is 0 Å². The van der Waals surface area contributed by atoms with Gasteiger partial charge in [0.25, 0.3) is 0 Å². The first-order chi connectivity index (χ1) is 27.0. The van der Waals surface area contributed by atoms with Gasteiger partial charge in [-0.3, -0.25) is 9.59 Å². The highest BCUT2D eigenvalue weighted by molar-refractivity contribution is 5.69. The molecule has 0 aromatic heterocycles. The Morgan fingerprint density at radius 2 is 1.00 bits per heavy atom. The second-order valence-corrected chi connectivity index (χ2v) is 15.1. The zero-order valence-electron chi connectivity index (χ0n) is 36.0. The van der Waals surface area contributed by atoms with E-state index in [4.69, 9.17) is 18.9 Å². The van der Waals surface area contributed by atoms with Crippen LogP contribution in [0.3, 0.4) is 0 Å². The van der Waals surface area contributed by atoms with E-state index in [1.807, 2.05) is 0 Å². The fraction of sp³-hybridized carbons (Fsp3) is 0.870. The van der Waals surface area contributed by atoms with E-state index < -0.39 is 6.10 Å². The van der Waals surface area contributed by atoms with Gasteiger partial charge >= 0.3 is 11.9 Å². The van der Waals surface area contributed by atoms with Gasteiger partial charge in [-0.15, -0.1) is 0 Å². The summed E-state index contributed by atoms with van der Waals surface area (Å²) in [6.07, 6.45) is 34.8. The minimum Gasteiger partial charge on any atom is -0.466 e. The molecule has 55 heavy (non-hydrogen) atoms. The number of aliphatic hydroxyl groups is 2. The van der Waals surface area contributed by atoms with Crippen molar-refractivity contribution in [2.75, 3.05) is 52.7 Å². The first kappa shape index (κ1) is 53.2. The maximum atomic E-state index is 12.5. The number of allylic oxidation sites excluding steroid dienone is 4. The average molecular weight is 782 g/mol. The van der Waals surface area contributed by atoms with Crippen molar-refractivity contribution in [3.8, 4) is 0 Å². The Balaban J connectivity index is 4.15. The predicted octanol–water partition coefficient (Wildman–Crippen LogP) is 10.8. The SMILES string of the molecule is CC/C=C\CCCCOC(CCC(=O)OCCCCCCN(CCCCCCCC(=O)OCCCCCCCCC)CC(O)CO)OCCCC/C=C\CC. The standard InChI is InChI=1S/C46H87NO8/c1-4-7-10-13-16-23-28-37-52-44(50)32-25-18-17-19-26-35-47(41-43(49)42-48)36-27-20-24-29-38-53-45(51)33-34-46(54-39-30-21-14-11-8-5-2)55-40-31-22-15-12-9-6-3/h8-9,11-12,43,46,48-49H,4-7,10,13-42H2,1-3H3/b11-8-,12-9-. The number of rotatable bonds is 43. The topological polar surface area (TPSA) is 115 Å². The Kier molecular flexibility index (Phi) is 41.9. The van der Waals surface area contributed by atoms with E-state index in [-0.39, 0.29) is 31.3 Å². The number of unbranched alkanes of at least 4 members (excludes halogenated alkanes) is 17. The molecule has 0 aromatic rings. The van der Waals surface area contributed by atoms with Crippen LogP contribution in [0.1, 0.15) is 194 Å². The Morgan fingerprint density at radius 1 is 0.545 bits per heavy atom. The smallest absolute Gasteiger partial charge is 0.305 e. The molecule has 0 rings (SSSR count). The Labute approximate surface area is 338 Å². The van der Waals surface area contributed by atoms with Crippen LogP contribution >= 0.6 is 0 Å². The number of carbonyl (C=O) groups is 2. The Hall–Kier alpha value is -1.78. The highest BCUT2D eigenvalue weighted by atomic mass is 16.7. The van der Waals surface area contributed by atoms with Crippen LogP contribution in [0, 0.1) is 0 Å². The average Bonchev–Trinajstić information content (AvgIpc) is 3.18. The number of hydrogen-bond acceptors (Lipinski definition) is 9. The fourth-order valence-electron chi connectivity index (χ4n) is 6.33. The molecular weight excluding hydrogens is 695 g/mol. The molecule has 0 radical (unpaired) electrons. The van der Waals surface area contributed by atoms with E-state index in [9.17, 15) is 19.8 Å². The number of ether oxygens (including phenoxy) is 4. The number of esters is 2. The largest absolute Gasteiger partial charge is 0.466 e. The summed E-state index contributed by atoms with van der Waals surface area (Å²) in [4.78, 5) is 26.8. The molecule has 1 atom stereocenters. The summed E-state index contributed by atoms with van der Waals surface area (Å²) < 4.78 is 23.0. The van der Waals surface area contributed by atoms with Gasteiger partial charge in [0.15, 0.2) is 6.29 Å². The lowest BCUT2D eigenvalue weighted by Gasteiger charge is -2.24. The third kappa shape index (κ3) is 40.2. The maximum Gasteiger partial charge on any atom is 0.305 e. The third-order valence-corrected chi connectivity index (χ3v) is 9.70. The minimum atomic E-state index is -0.733. The zero-order chi connectivity index (χ0) is 40.3. The van der Waals surface area contributed by atoms with Crippen molar-refractivity contribution in [3.05, 3.63) is 24.3 Å². The first-order valence-electron chi connectivity index (χ1n) is 22.8. The lowest BCUT2D eigenvalue weighted by atomic mass is 10.1. The summed E-state index contributed by atoms with van der Waals surface area (Å²) in [5, 5.41) is 19.5. The summed E-state index contributed by atoms with van der Waals surface area (Å²) in [5.74, 6) is -0.267. The molecule has 0 aliphatic carbocycles. The molecule has 2 N–H and O–H groups in total. The number of hydrogen-bond donors (Lipinski definition) is 2. The fourth-order valence-corrected chi connectivity index (χ4v) is 6.33. The molecule has 0 saturated heterocycles. The summed E-state index contributed by atoms with van der Waals surface area (Å²) in [5.41, 5.74) is 0. The molecule has 0 aliphatic rings. The van der Waals surface area contributed by atoms with Gasteiger partial charge in [0.1, 0.15) is 0 Å². The van der Waals surface area contributed by atoms with Gasteiger partial charge in [-0.1, -0.05) is 116 Å². The van der Waals surface area contributed by atoms with Crippen LogP contribution in [-0.4, -0.2) is 92.1 Å². The molecule has 324 valence electrons. The number of carbonyl (C=O) groups excluding carboxylic acids is 2.